The Labute approximate surface area is 150 Å². The molecule has 3 nitrogen and oxygen atoms in total. The molecule has 0 saturated carbocycles. The van der Waals surface area contributed by atoms with Crippen molar-refractivity contribution in [2.45, 2.75) is 57.3 Å². The molecular formula is C20H31NO2S. The van der Waals surface area contributed by atoms with Gasteiger partial charge in [0.15, 0.2) is 0 Å². The van der Waals surface area contributed by atoms with Gasteiger partial charge in [-0.05, 0) is 36.5 Å². The minimum atomic E-state index is -0.411. The third-order valence-electron chi connectivity index (χ3n) is 4.55. The Morgan fingerprint density at radius 1 is 1.25 bits per heavy atom. The van der Waals surface area contributed by atoms with Crippen LogP contribution in [-0.4, -0.2) is 39.5 Å². The first kappa shape index (κ1) is 19.3. The van der Waals surface area contributed by atoms with Gasteiger partial charge in [-0.15, -0.1) is 0 Å². The number of nitrogens with zero attached hydrogens (tertiary/aromatic N) is 1. The number of aliphatic hydroxyl groups excluding tert-OH is 1. The number of carbonyl (C=O) groups is 1. The second kappa shape index (κ2) is 8.91. The van der Waals surface area contributed by atoms with Gasteiger partial charge in [-0.2, -0.15) is 11.8 Å². The lowest BCUT2D eigenvalue weighted by Crippen LogP contribution is -2.39. The number of hydrogen-bond acceptors (Lipinski definition) is 3. The zero-order valence-corrected chi connectivity index (χ0v) is 16.0. The van der Waals surface area contributed by atoms with Crippen LogP contribution in [0.25, 0.3) is 0 Å². The number of aliphatic hydroxyl groups is 1. The summed E-state index contributed by atoms with van der Waals surface area (Å²) in [5.74, 6) is 1.57. The van der Waals surface area contributed by atoms with E-state index in [-0.39, 0.29) is 16.6 Å². The molecule has 4 heteroatoms. The van der Waals surface area contributed by atoms with Crippen molar-refractivity contribution in [3.63, 3.8) is 0 Å². The summed E-state index contributed by atoms with van der Waals surface area (Å²) < 4.78 is 0.273. The van der Waals surface area contributed by atoms with Crippen LogP contribution >= 0.6 is 11.8 Å². The Morgan fingerprint density at radius 3 is 2.46 bits per heavy atom. The third kappa shape index (κ3) is 6.14. The van der Waals surface area contributed by atoms with Crippen LogP contribution in [0.2, 0.25) is 0 Å². The Morgan fingerprint density at radius 2 is 1.88 bits per heavy atom. The summed E-state index contributed by atoms with van der Waals surface area (Å²) in [7, 11) is 0. The van der Waals surface area contributed by atoms with E-state index in [0.717, 1.165) is 43.7 Å². The highest BCUT2D eigenvalue weighted by Gasteiger charge is 2.28. The molecule has 0 radical (unpaired) electrons. The predicted octanol–water partition coefficient (Wildman–Crippen LogP) is 4.27. The van der Waals surface area contributed by atoms with Crippen LogP contribution in [0.15, 0.2) is 30.3 Å². The van der Waals surface area contributed by atoms with E-state index in [9.17, 15) is 9.90 Å². The summed E-state index contributed by atoms with van der Waals surface area (Å²) in [5.41, 5.74) is 0.987. The van der Waals surface area contributed by atoms with Crippen LogP contribution in [0.5, 0.6) is 0 Å². The van der Waals surface area contributed by atoms with E-state index < -0.39 is 6.10 Å². The van der Waals surface area contributed by atoms with Crippen LogP contribution in [0.1, 0.15) is 58.1 Å². The fourth-order valence-electron chi connectivity index (χ4n) is 3.15. The molecule has 2 rings (SSSR count). The van der Waals surface area contributed by atoms with Crippen LogP contribution in [-0.2, 0) is 4.79 Å². The monoisotopic (exact) mass is 349 g/mol. The Hall–Kier alpha value is -1.00. The zero-order valence-electron chi connectivity index (χ0n) is 15.2. The molecule has 24 heavy (non-hydrogen) atoms. The lowest BCUT2D eigenvalue weighted by molar-refractivity contribution is -0.133. The van der Waals surface area contributed by atoms with Gasteiger partial charge in [0.1, 0.15) is 0 Å². The molecule has 1 atom stereocenters. The molecule has 1 saturated heterocycles. The van der Waals surface area contributed by atoms with Gasteiger partial charge in [0.2, 0.25) is 5.91 Å². The smallest absolute Gasteiger partial charge is 0.222 e. The number of likely N-dealkylation sites (tertiary alicyclic amines) is 1. The van der Waals surface area contributed by atoms with E-state index in [2.05, 4.69) is 20.8 Å². The highest BCUT2D eigenvalue weighted by Crippen LogP contribution is 2.31. The topological polar surface area (TPSA) is 40.5 Å². The first-order valence-electron chi connectivity index (χ1n) is 9.01. The second-order valence-electron chi connectivity index (χ2n) is 7.64. The number of benzene rings is 1. The van der Waals surface area contributed by atoms with Crippen molar-refractivity contribution in [3.8, 4) is 0 Å². The molecule has 0 bridgehead atoms. The molecule has 1 aliphatic rings. The molecule has 134 valence electrons. The lowest BCUT2D eigenvalue weighted by atomic mass is 9.87. The molecule has 0 spiro atoms. The molecule has 1 aromatic carbocycles. The van der Waals surface area contributed by atoms with Crippen molar-refractivity contribution in [2.75, 3.05) is 18.8 Å². The van der Waals surface area contributed by atoms with E-state index in [4.69, 9.17) is 0 Å². The first-order chi connectivity index (χ1) is 11.4. The number of carbonyl (C=O) groups excluding carboxylic acids is 1. The van der Waals surface area contributed by atoms with Crippen molar-refractivity contribution in [3.05, 3.63) is 35.9 Å². The van der Waals surface area contributed by atoms with E-state index in [1.165, 1.54) is 0 Å². The molecule has 1 aromatic rings. The molecule has 1 heterocycles. The first-order valence-corrected chi connectivity index (χ1v) is 10.00. The summed E-state index contributed by atoms with van der Waals surface area (Å²) in [6, 6.07) is 9.86. The van der Waals surface area contributed by atoms with Crippen molar-refractivity contribution in [1.82, 2.24) is 4.90 Å². The molecule has 0 aromatic heterocycles. The maximum absolute atomic E-state index is 12.3. The van der Waals surface area contributed by atoms with Crippen LogP contribution < -0.4 is 0 Å². The minimum Gasteiger partial charge on any atom is -0.388 e. The molecule has 1 unspecified atom stereocenters. The fourth-order valence-corrected chi connectivity index (χ4v) is 4.05. The van der Waals surface area contributed by atoms with Gasteiger partial charge in [-0.25, -0.2) is 0 Å². The lowest BCUT2D eigenvalue weighted by Gasteiger charge is -2.34. The second-order valence-corrected chi connectivity index (χ2v) is 9.56. The quantitative estimate of drug-likeness (QED) is 0.780. The summed E-state index contributed by atoms with van der Waals surface area (Å²) in [5, 5.41) is 10.5. The van der Waals surface area contributed by atoms with Crippen LogP contribution in [0.4, 0.5) is 0 Å². The maximum atomic E-state index is 12.3. The molecule has 0 aliphatic carbocycles. The number of hydrogen-bond donors (Lipinski definition) is 1. The SMILES string of the molecule is CC(C)(C)SCCCC(=O)N1CCC(C(O)c2ccccc2)CC1. The standard InChI is InChI=1S/C20H31NO2S/c1-20(2,3)24-15-7-10-18(22)21-13-11-17(12-14-21)19(23)16-8-5-4-6-9-16/h4-6,8-9,17,19,23H,7,10-15H2,1-3H3. The van der Waals surface area contributed by atoms with Crippen molar-refractivity contribution < 1.29 is 9.90 Å². The Balaban J connectivity index is 1.71. The van der Waals surface area contributed by atoms with Crippen molar-refractivity contribution >= 4 is 17.7 Å². The molecule has 1 amide bonds. The summed E-state index contributed by atoms with van der Waals surface area (Å²) in [6.45, 7) is 8.19. The highest BCUT2D eigenvalue weighted by atomic mass is 32.2. The molecule has 1 fully saturated rings. The average molecular weight is 350 g/mol. The average Bonchev–Trinajstić information content (AvgIpc) is 2.58. The number of piperidine rings is 1. The largest absolute Gasteiger partial charge is 0.388 e. The maximum Gasteiger partial charge on any atom is 0.222 e. The predicted molar refractivity (Wildman–Crippen MR) is 102 cm³/mol. The van der Waals surface area contributed by atoms with Gasteiger partial charge < -0.3 is 10.0 Å². The minimum absolute atomic E-state index is 0.257. The van der Waals surface area contributed by atoms with Crippen molar-refractivity contribution in [2.24, 2.45) is 5.92 Å². The Kier molecular flexibility index (Phi) is 7.17. The molecule has 1 N–H and O–H groups in total. The summed E-state index contributed by atoms with van der Waals surface area (Å²) in [4.78, 5) is 14.3. The summed E-state index contributed by atoms with van der Waals surface area (Å²) >= 11 is 1.92. The Bertz CT molecular complexity index is 504. The zero-order chi connectivity index (χ0) is 17.6. The number of thioether (sulfide) groups is 1. The van der Waals surface area contributed by atoms with Gasteiger partial charge in [-0.1, -0.05) is 51.1 Å². The van der Waals surface area contributed by atoms with Gasteiger partial charge >= 0.3 is 0 Å². The normalized spacial score (nSPS) is 17.8. The fraction of sp³-hybridized carbons (Fsp3) is 0.650. The van der Waals surface area contributed by atoms with E-state index in [1.807, 2.05) is 47.0 Å². The van der Waals surface area contributed by atoms with Gasteiger partial charge in [0.05, 0.1) is 6.10 Å². The highest BCUT2D eigenvalue weighted by molar-refractivity contribution is 8.00. The van der Waals surface area contributed by atoms with E-state index in [0.29, 0.717) is 6.42 Å². The van der Waals surface area contributed by atoms with E-state index >= 15 is 0 Å². The number of rotatable bonds is 6. The van der Waals surface area contributed by atoms with Gasteiger partial charge in [0.25, 0.3) is 0 Å². The van der Waals surface area contributed by atoms with Crippen LogP contribution in [0.3, 0.4) is 0 Å². The molecule has 1 aliphatic heterocycles. The van der Waals surface area contributed by atoms with Gasteiger partial charge in [-0.3, -0.25) is 4.79 Å². The summed E-state index contributed by atoms with van der Waals surface area (Å²) in [6.07, 6.45) is 2.96. The van der Waals surface area contributed by atoms with E-state index in [1.54, 1.807) is 0 Å². The number of amides is 1. The van der Waals surface area contributed by atoms with Crippen LogP contribution in [0, 0.1) is 5.92 Å². The van der Waals surface area contributed by atoms with Gasteiger partial charge in [0, 0.05) is 24.3 Å². The van der Waals surface area contributed by atoms with Crippen molar-refractivity contribution in [1.29, 1.82) is 0 Å². The third-order valence-corrected chi connectivity index (χ3v) is 5.91. The molecular weight excluding hydrogens is 318 g/mol.